The van der Waals surface area contributed by atoms with E-state index < -0.39 is 0 Å². The van der Waals surface area contributed by atoms with Crippen LogP contribution in [0.5, 0.6) is 0 Å². The molecule has 1 aromatic carbocycles. The van der Waals surface area contributed by atoms with E-state index in [0.29, 0.717) is 0 Å². The van der Waals surface area contributed by atoms with Gasteiger partial charge < -0.3 is 5.32 Å². The smallest absolute Gasteiger partial charge is 0.0233 e. The molecule has 1 aromatic rings. The van der Waals surface area contributed by atoms with E-state index in [1.165, 1.54) is 30.6 Å². The molecule has 0 aliphatic carbocycles. The molecule has 2 nitrogen and oxygen atoms in total. The maximum absolute atomic E-state index is 3.38. The van der Waals surface area contributed by atoms with Crippen molar-refractivity contribution >= 4 is 0 Å². The zero-order chi connectivity index (χ0) is 12.1. The fraction of sp³-hybridized carbons (Fsp3) is 0.600. The lowest BCUT2D eigenvalue weighted by molar-refractivity contribution is 0.320. The Morgan fingerprint density at radius 2 is 2.18 bits per heavy atom. The van der Waals surface area contributed by atoms with Crippen LogP contribution < -0.4 is 5.32 Å². The Kier molecular flexibility index (Phi) is 4.57. The molecule has 0 aromatic heterocycles. The summed E-state index contributed by atoms with van der Waals surface area (Å²) in [5.74, 6) is 0.875. The maximum atomic E-state index is 3.38. The van der Waals surface area contributed by atoms with Crippen molar-refractivity contribution in [3.05, 3.63) is 35.4 Å². The molecule has 0 amide bonds. The molecule has 0 spiro atoms. The van der Waals surface area contributed by atoms with Crippen molar-refractivity contribution in [3.8, 4) is 0 Å². The van der Waals surface area contributed by atoms with Gasteiger partial charge in [-0.1, -0.05) is 38.1 Å². The fourth-order valence-corrected chi connectivity index (χ4v) is 2.54. The molecule has 0 bridgehead atoms. The Hall–Kier alpha value is -0.860. The van der Waals surface area contributed by atoms with E-state index in [9.17, 15) is 0 Å². The first-order chi connectivity index (χ1) is 8.28. The molecular weight excluding hydrogens is 208 g/mol. The molecule has 1 aliphatic rings. The fourth-order valence-electron chi connectivity index (χ4n) is 2.54. The van der Waals surface area contributed by atoms with Crippen molar-refractivity contribution in [3.63, 3.8) is 0 Å². The molecule has 1 N–H and O–H groups in total. The van der Waals surface area contributed by atoms with Crippen LogP contribution in [0.1, 0.15) is 31.4 Å². The number of likely N-dealkylation sites (tertiary alicyclic amines) is 1. The van der Waals surface area contributed by atoms with Crippen molar-refractivity contribution in [1.82, 2.24) is 10.2 Å². The van der Waals surface area contributed by atoms with Crippen LogP contribution in [0.2, 0.25) is 0 Å². The normalized spacial score (nSPS) is 20.9. The molecule has 94 valence electrons. The first-order valence-electron chi connectivity index (χ1n) is 6.79. The summed E-state index contributed by atoms with van der Waals surface area (Å²) >= 11 is 0. The molecule has 0 radical (unpaired) electrons. The largest absolute Gasteiger partial charge is 0.313 e. The lowest BCUT2D eigenvalue weighted by atomic mass is 10.1. The number of hydrogen-bond donors (Lipinski definition) is 1. The third-order valence-corrected chi connectivity index (χ3v) is 3.48. The van der Waals surface area contributed by atoms with Crippen LogP contribution in [-0.4, -0.2) is 24.5 Å². The van der Waals surface area contributed by atoms with Gasteiger partial charge >= 0.3 is 0 Å². The predicted molar refractivity (Wildman–Crippen MR) is 72.9 cm³/mol. The Labute approximate surface area is 105 Å². The Balaban J connectivity index is 1.91. The van der Waals surface area contributed by atoms with Gasteiger partial charge in [0.15, 0.2) is 0 Å². The van der Waals surface area contributed by atoms with Gasteiger partial charge in [-0.05, 0) is 36.6 Å². The SMILES string of the molecule is CCNCc1cccc(CN2CCC(C)C2)c1. The summed E-state index contributed by atoms with van der Waals surface area (Å²) in [5, 5.41) is 3.38. The van der Waals surface area contributed by atoms with Crippen molar-refractivity contribution < 1.29 is 0 Å². The monoisotopic (exact) mass is 232 g/mol. The van der Waals surface area contributed by atoms with E-state index in [1.54, 1.807) is 0 Å². The van der Waals surface area contributed by atoms with Gasteiger partial charge in [0.2, 0.25) is 0 Å². The first kappa shape index (κ1) is 12.6. The maximum Gasteiger partial charge on any atom is 0.0233 e. The number of benzene rings is 1. The number of rotatable bonds is 5. The minimum Gasteiger partial charge on any atom is -0.313 e. The lowest BCUT2D eigenvalue weighted by Gasteiger charge is -2.15. The summed E-state index contributed by atoms with van der Waals surface area (Å²) in [7, 11) is 0. The van der Waals surface area contributed by atoms with E-state index in [0.717, 1.165) is 25.6 Å². The molecular formula is C15H24N2. The summed E-state index contributed by atoms with van der Waals surface area (Å²) in [5.41, 5.74) is 2.85. The highest BCUT2D eigenvalue weighted by Gasteiger charge is 2.18. The third-order valence-electron chi connectivity index (χ3n) is 3.48. The van der Waals surface area contributed by atoms with Gasteiger partial charge in [0.1, 0.15) is 0 Å². The minimum atomic E-state index is 0.875. The summed E-state index contributed by atoms with van der Waals surface area (Å²) in [6.07, 6.45) is 1.36. The molecule has 1 unspecified atom stereocenters. The zero-order valence-corrected chi connectivity index (χ0v) is 11.1. The van der Waals surface area contributed by atoms with Crippen LogP contribution in [0.25, 0.3) is 0 Å². The van der Waals surface area contributed by atoms with E-state index in [2.05, 4.69) is 48.3 Å². The highest BCUT2D eigenvalue weighted by molar-refractivity contribution is 5.23. The van der Waals surface area contributed by atoms with Crippen molar-refractivity contribution in [2.24, 2.45) is 5.92 Å². The quantitative estimate of drug-likeness (QED) is 0.839. The van der Waals surface area contributed by atoms with Gasteiger partial charge in [-0.3, -0.25) is 4.90 Å². The van der Waals surface area contributed by atoms with Crippen LogP contribution >= 0.6 is 0 Å². The molecule has 0 saturated carbocycles. The van der Waals surface area contributed by atoms with Crippen molar-refractivity contribution in [2.45, 2.75) is 33.4 Å². The molecule has 1 aliphatic heterocycles. The Morgan fingerprint density at radius 1 is 1.35 bits per heavy atom. The highest BCUT2D eigenvalue weighted by atomic mass is 15.1. The Bertz CT molecular complexity index is 349. The highest BCUT2D eigenvalue weighted by Crippen LogP contribution is 2.18. The van der Waals surface area contributed by atoms with Gasteiger partial charge in [0.05, 0.1) is 0 Å². The second-order valence-electron chi connectivity index (χ2n) is 5.23. The van der Waals surface area contributed by atoms with Gasteiger partial charge in [-0.2, -0.15) is 0 Å². The third kappa shape index (κ3) is 3.83. The van der Waals surface area contributed by atoms with E-state index in [4.69, 9.17) is 0 Å². The molecule has 1 saturated heterocycles. The van der Waals surface area contributed by atoms with Crippen LogP contribution in [0.4, 0.5) is 0 Å². The van der Waals surface area contributed by atoms with E-state index in [1.807, 2.05) is 0 Å². The van der Waals surface area contributed by atoms with E-state index in [-0.39, 0.29) is 0 Å². The van der Waals surface area contributed by atoms with Crippen LogP contribution in [0, 0.1) is 5.92 Å². The van der Waals surface area contributed by atoms with E-state index >= 15 is 0 Å². The van der Waals surface area contributed by atoms with Gasteiger partial charge in [-0.25, -0.2) is 0 Å². The average Bonchev–Trinajstić information content (AvgIpc) is 2.73. The standard InChI is InChI=1S/C15H24N2/c1-3-16-10-14-5-4-6-15(9-14)12-17-8-7-13(2)11-17/h4-6,9,13,16H,3,7-8,10-12H2,1-2H3. The van der Waals surface area contributed by atoms with Crippen molar-refractivity contribution in [2.75, 3.05) is 19.6 Å². The Morgan fingerprint density at radius 3 is 2.88 bits per heavy atom. The summed E-state index contributed by atoms with van der Waals surface area (Å²) in [6.45, 7) is 10.2. The second-order valence-corrected chi connectivity index (χ2v) is 5.23. The minimum absolute atomic E-state index is 0.875. The summed E-state index contributed by atoms with van der Waals surface area (Å²) in [4.78, 5) is 2.57. The second kappa shape index (κ2) is 6.18. The number of nitrogens with one attached hydrogen (secondary N) is 1. The van der Waals surface area contributed by atoms with Crippen LogP contribution in [-0.2, 0) is 13.1 Å². The predicted octanol–water partition coefficient (Wildman–Crippen LogP) is 2.64. The van der Waals surface area contributed by atoms with Gasteiger partial charge in [-0.15, -0.1) is 0 Å². The van der Waals surface area contributed by atoms with Gasteiger partial charge in [0, 0.05) is 19.6 Å². The van der Waals surface area contributed by atoms with Gasteiger partial charge in [0.25, 0.3) is 0 Å². The number of nitrogens with zero attached hydrogens (tertiary/aromatic N) is 1. The molecule has 1 fully saturated rings. The first-order valence-corrected chi connectivity index (χ1v) is 6.79. The molecule has 2 heteroatoms. The molecule has 2 rings (SSSR count). The molecule has 17 heavy (non-hydrogen) atoms. The average molecular weight is 232 g/mol. The lowest BCUT2D eigenvalue weighted by Crippen LogP contribution is -2.20. The van der Waals surface area contributed by atoms with Crippen LogP contribution in [0.15, 0.2) is 24.3 Å². The zero-order valence-electron chi connectivity index (χ0n) is 11.1. The summed E-state index contributed by atoms with van der Waals surface area (Å²) < 4.78 is 0. The topological polar surface area (TPSA) is 15.3 Å². The summed E-state index contributed by atoms with van der Waals surface area (Å²) in [6, 6.07) is 8.98. The van der Waals surface area contributed by atoms with Crippen LogP contribution in [0.3, 0.4) is 0 Å². The molecule has 1 heterocycles. The van der Waals surface area contributed by atoms with Crippen molar-refractivity contribution in [1.29, 1.82) is 0 Å². The number of hydrogen-bond acceptors (Lipinski definition) is 2. The molecule has 1 atom stereocenters.